The highest BCUT2D eigenvalue weighted by atomic mass is 15.1. The van der Waals surface area contributed by atoms with Crippen LogP contribution in [0.3, 0.4) is 0 Å². The Morgan fingerprint density at radius 3 is 1.60 bits per heavy atom. The van der Waals surface area contributed by atoms with E-state index >= 15 is 0 Å². The summed E-state index contributed by atoms with van der Waals surface area (Å²) in [5.74, 6) is 0.957. The van der Waals surface area contributed by atoms with Crippen molar-refractivity contribution in [1.82, 2.24) is 4.98 Å². The number of imidazole rings is 1. The first-order valence-electron chi connectivity index (χ1n) is 15.1. The minimum atomic E-state index is -0.171. The van der Waals surface area contributed by atoms with Crippen LogP contribution in [-0.4, -0.2) is 4.98 Å². The number of nitrogens with one attached hydrogen (secondary N) is 1. The number of aryl methyl sites for hydroxylation is 1. The third kappa shape index (κ3) is 14.4. The van der Waals surface area contributed by atoms with Crippen LogP contribution < -0.4 is 4.57 Å². The van der Waals surface area contributed by atoms with Gasteiger partial charge >= 0.3 is 0 Å². The van der Waals surface area contributed by atoms with Crippen molar-refractivity contribution in [2.24, 2.45) is 0 Å². The number of hydrogen-bond acceptors (Lipinski definition) is 2. The first-order valence-corrected chi connectivity index (χ1v) is 15.1. The zero-order chi connectivity index (χ0) is 25.6. The van der Waals surface area contributed by atoms with Gasteiger partial charge in [0.15, 0.2) is 11.7 Å². The Hall–Kier alpha value is -1.81. The zero-order valence-electron chi connectivity index (χ0n) is 23.4. The molecule has 4 heteroatoms. The van der Waals surface area contributed by atoms with Crippen LogP contribution in [0.1, 0.15) is 173 Å². The summed E-state index contributed by atoms with van der Waals surface area (Å²) in [5.41, 5.74) is 0.946. The lowest BCUT2D eigenvalue weighted by Gasteiger charge is -2.08. The van der Waals surface area contributed by atoms with Crippen molar-refractivity contribution in [1.29, 1.82) is 10.5 Å². The molecule has 1 aromatic heterocycles. The number of nitrogens with zero attached hydrogens (tertiary/aromatic N) is 3. The number of rotatable bonds is 23. The number of aromatic amines is 1. The predicted molar refractivity (Wildman–Crippen MR) is 147 cm³/mol. The van der Waals surface area contributed by atoms with Gasteiger partial charge in [-0.25, -0.2) is 9.55 Å². The maximum atomic E-state index is 9.93. The number of hydrogen-bond donors (Lipinski definition) is 1. The van der Waals surface area contributed by atoms with Gasteiger partial charge in [-0.1, -0.05) is 123 Å². The largest absolute Gasteiger partial charge is 0.255 e. The summed E-state index contributed by atoms with van der Waals surface area (Å²) in [4.78, 5) is 3.50. The van der Waals surface area contributed by atoms with E-state index in [-0.39, 0.29) is 12.0 Å². The molecular formula is C31H55N4+. The fraction of sp³-hybridized carbons (Fsp3) is 0.839. The maximum Gasteiger partial charge on any atom is 0.255 e. The minimum absolute atomic E-state index is 0.131. The molecule has 35 heavy (non-hydrogen) atoms. The average molecular weight is 484 g/mol. The van der Waals surface area contributed by atoms with Gasteiger partial charge in [-0.3, -0.25) is 0 Å². The van der Waals surface area contributed by atoms with E-state index in [2.05, 4.69) is 35.5 Å². The number of H-pyrrole nitrogens is 1. The molecule has 4 nitrogen and oxygen atoms in total. The van der Waals surface area contributed by atoms with Gasteiger partial charge in [0.25, 0.3) is 5.82 Å². The number of nitriles is 2. The molecule has 1 aromatic rings. The fourth-order valence-electron chi connectivity index (χ4n) is 4.94. The molecule has 0 aliphatic heterocycles. The molecule has 0 saturated carbocycles. The molecule has 0 bridgehead atoms. The van der Waals surface area contributed by atoms with Crippen LogP contribution in [0.25, 0.3) is 0 Å². The lowest BCUT2D eigenvalue weighted by molar-refractivity contribution is -0.716. The standard InChI is InChI=1S/C31H54N4/c1-4-6-8-10-12-14-16-17-19-21-23-29(26-33)35-27-30(28(3)25-32)34-31(35)24-22-20-18-15-13-11-9-7-5-2/h27-29H,4-24H2,1-3H3/p+1. The molecule has 0 spiro atoms. The summed E-state index contributed by atoms with van der Waals surface area (Å²) in [6.45, 7) is 6.47. The Kier molecular flexibility index (Phi) is 19.2. The van der Waals surface area contributed by atoms with Gasteiger partial charge in [0.1, 0.15) is 18.2 Å². The molecule has 0 aromatic carbocycles. The zero-order valence-corrected chi connectivity index (χ0v) is 23.4. The van der Waals surface area contributed by atoms with Crippen LogP contribution in [0.4, 0.5) is 0 Å². The van der Waals surface area contributed by atoms with Gasteiger partial charge in [0.2, 0.25) is 0 Å². The molecule has 2 atom stereocenters. The SMILES string of the molecule is CCCCCCCCCCCCC(C#N)[n+]1cc(C(C)C#N)[nH]c1CCCCCCCCCCC. The number of aromatic nitrogens is 2. The minimum Gasteiger partial charge on any atom is -0.244 e. The molecule has 0 amide bonds. The molecule has 0 radical (unpaired) electrons. The first kappa shape index (κ1) is 31.2. The highest BCUT2D eigenvalue weighted by molar-refractivity contribution is 5.11. The molecule has 0 aliphatic carbocycles. The second-order valence-corrected chi connectivity index (χ2v) is 10.6. The van der Waals surface area contributed by atoms with Crippen LogP contribution in [0, 0.1) is 22.7 Å². The molecule has 0 aliphatic rings. The highest BCUT2D eigenvalue weighted by Gasteiger charge is 2.25. The third-order valence-electron chi connectivity index (χ3n) is 7.37. The fourth-order valence-corrected chi connectivity index (χ4v) is 4.94. The molecule has 198 valence electrons. The van der Waals surface area contributed by atoms with E-state index in [9.17, 15) is 10.5 Å². The van der Waals surface area contributed by atoms with Crippen molar-refractivity contribution < 1.29 is 4.57 Å². The lowest BCUT2D eigenvalue weighted by Crippen LogP contribution is -2.41. The van der Waals surface area contributed by atoms with Gasteiger partial charge < -0.3 is 0 Å². The normalized spacial score (nSPS) is 12.8. The third-order valence-corrected chi connectivity index (χ3v) is 7.37. The van der Waals surface area contributed by atoms with Gasteiger partial charge in [0, 0.05) is 12.8 Å². The van der Waals surface area contributed by atoms with Crippen molar-refractivity contribution in [3.05, 3.63) is 17.7 Å². The van der Waals surface area contributed by atoms with Gasteiger partial charge in [-0.05, 0) is 19.8 Å². The second kappa shape index (κ2) is 21.5. The summed E-state index contributed by atoms with van der Waals surface area (Å²) in [6, 6.07) is 4.77. The van der Waals surface area contributed by atoms with Crippen LogP contribution in [0.5, 0.6) is 0 Å². The Morgan fingerprint density at radius 1 is 0.686 bits per heavy atom. The quantitative estimate of drug-likeness (QED) is 0.124. The van der Waals surface area contributed by atoms with E-state index in [1.807, 2.05) is 13.1 Å². The summed E-state index contributed by atoms with van der Waals surface area (Å²) in [5, 5.41) is 19.3. The topological polar surface area (TPSA) is 67.2 Å². The van der Waals surface area contributed by atoms with E-state index in [1.165, 1.54) is 109 Å². The van der Waals surface area contributed by atoms with E-state index in [0.717, 1.165) is 37.2 Å². The summed E-state index contributed by atoms with van der Waals surface area (Å²) < 4.78 is 2.15. The van der Waals surface area contributed by atoms with E-state index in [0.29, 0.717) is 0 Å². The molecular weight excluding hydrogens is 428 g/mol. The Morgan fingerprint density at radius 2 is 1.14 bits per heavy atom. The van der Waals surface area contributed by atoms with E-state index in [4.69, 9.17) is 0 Å². The van der Waals surface area contributed by atoms with Gasteiger partial charge in [0.05, 0.1) is 6.07 Å². The molecule has 0 fully saturated rings. The highest BCUT2D eigenvalue weighted by Crippen LogP contribution is 2.18. The van der Waals surface area contributed by atoms with Crippen molar-refractivity contribution in [2.75, 3.05) is 0 Å². The van der Waals surface area contributed by atoms with Gasteiger partial charge in [-0.2, -0.15) is 10.5 Å². The summed E-state index contributed by atoms with van der Waals surface area (Å²) >= 11 is 0. The Labute approximate surface area is 217 Å². The second-order valence-electron chi connectivity index (χ2n) is 10.6. The van der Waals surface area contributed by atoms with Crippen LogP contribution in [-0.2, 0) is 6.42 Å². The smallest absolute Gasteiger partial charge is 0.244 e. The lowest BCUT2D eigenvalue weighted by atomic mass is 10.0. The summed E-state index contributed by atoms with van der Waals surface area (Å²) in [7, 11) is 0. The molecule has 1 heterocycles. The summed E-state index contributed by atoms with van der Waals surface area (Å²) in [6.07, 6.45) is 28.9. The Balaban J connectivity index is 2.43. The first-order chi connectivity index (χ1) is 17.2. The van der Waals surface area contributed by atoms with Crippen molar-refractivity contribution in [3.8, 4) is 12.1 Å². The Bertz CT molecular complexity index is 709. The molecule has 1 rings (SSSR count). The van der Waals surface area contributed by atoms with Crippen LogP contribution in [0.15, 0.2) is 6.20 Å². The van der Waals surface area contributed by atoms with E-state index < -0.39 is 0 Å². The molecule has 0 saturated heterocycles. The monoisotopic (exact) mass is 483 g/mol. The van der Waals surface area contributed by atoms with E-state index in [1.54, 1.807) is 0 Å². The van der Waals surface area contributed by atoms with Crippen LogP contribution in [0.2, 0.25) is 0 Å². The van der Waals surface area contributed by atoms with Crippen molar-refractivity contribution >= 4 is 0 Å². The molecule has 1 N–H and O–H groups in total. The number of unbranched alkanes of at least 4 members (excludes halogenated alkanes) is 17. The van der Waals surface area contributed by atoms with Crippen molar-refractivity contribution in [2.45, 2.75) is 168 Å². The average Bonchev–Trinajstić information content (AvgIpc) is 3.29. The maximum absolute atomic E-state index is 9.93. The van der Waals surface area contributed by atoms with Crippen LogP contribution >= 0.6 is 0 Å². The molecule has 2 unspecified atom stereocenters. The van der Waals surface area contributed by atoms with Gasteiger partial charge in [-0.15, -0.1) is 0 Å². The predicted octanol–water partition coefficient (Wildman–Crippen LogP) is 9.38. The van der Waals surface area contributed by atoms with Crippen molar-refractivity contribution in [3.63, 3.8) is 0 Å².